The van der Waals surface area contributed by atoms with Gasteiger partial charge in [-0.2, -0.15) is 0 Å². The molecule has 0 aliphatic heterocycles. The van der Waals surface area contributed by atoms with Crippen LogP contribution in [-0.4, -0.2) is 44.6 Å². The van der Waals surface area contributed by atoms with Crippen molar-refractivity contribution in [3.63, 3.8) is 0 Å². The lowest BCUT2D eigenvalue weighted by Crippen LogP contribution is -2.34. The SMILES string of the molecule is CCOC(=O)[C@@H](N)Cc1ccc(-c2c(OC)cc(CCO)cc2OC)cc1. The summed E-state index contributed by atoms with van der Waals surface area (Å²) in [4.78, 5) is 11.7. The lowest BCUT2D eigenvalue weighted by atomic mass is 9.97. The van der Waals surface area contributed by atoms with Crippen molar-refractivity contribution in [2.75, 3.05) is 27.4 Å². The van der Waals surface area contributed by atoms with E-state index in [1.54, 1.807) is 21.1 Å². The van der Waals surface area contributed by atoms with Crippen LogP contribution in [0.4, 0.5) is 0 Å². The fourth-order valence-corrected chi connectivity index (χ4v) is 2.92. The molecule has 0 bridgehead atoms. The van der Waals surface area contributed by atoms with Gasteiger partial charge in [-0.05, 0) is 48.6 Å². The molecule has 27 heavy (non-hydrogen) atoms. The number of nitrogens with two attached hydrogens (primary N) is 1. The highest BCUT2D eigenvalue weighted by atomic mass is 16.5. The highest BCUT2D eigenvalue weighted by Crippen LogP contribution is 2.39. The maximum Gasteiger partial charge on any atom is 0.323 e. The first-order chi connectivity index (χ1) is 13.0. The Bertz CT molecular complexity index is 733. The van der Waals surface area contributed by atoms with E-state index >= 15 is 0 Å². The van der Waals surface area contributed by atoms with Crippen LogP contribution in [0.1, 0.15) is 18.1 Å². The second kappa shape index (κ2) is 9.94. The lowest BCUT2D eigenvalue weighted by molar-refractivity contribution is -0.144. The number of rotatable bonds is 9. The summed E-state index contributed by atoms with van der Waals surface area (Å²) in [5.74, 6) is 0.951. The fraction of sp³-hybridized carbons (Fsp3) is 0.381. The summed E-state index contributed by atoms with van der Waals surface area (Å²) in [7, 11) is 3.21. The van der Waals surface area contributed by atoms with E-state index < -0.39 is 12.0 Å². The van der Waals surface area contributed by atoms with E-state index in [-0.39, 0.29) is 6.61 Å². The molecule has 2 aromatic rings. The molecular formula is C21H27NO5. The summed E-state index contributed by atoms with van der Waals surface area (Å²) in [6.45, 7) is 2.13. The van der Waals surface area contributed by atoms with Crippen LogP contribution in [0.5, 0.6) is 11.5 Å². The number of carbonyl (C=O) groups is 1. The van der Waals surface area contributed by atoms with Crippen molar-refractivity contribution < 1.29 is 24.1 Å². The van der Waals surface area contributed by atoms with E-state index in [1.807, 2.05) is 36.4 Å². The minimum absolute atomic E-state index is 0.0566. The third-order valence-corrected chi connectivity index (χ3v) is 4.25. The molecule has 0 heterocycles. The number of hydrogen-bond donors (Lipinski definition) is 2. The number of esters is 1. The fourth-order valence-electron chi connectivity index (χ4n) is 2.92. The summed E-state index contributed by atoms with van der Waals surface area (Å²) < 4.78 is 16.0. The molecule has 0 aliphatic carbocycles. The summed E-state index contributed by atoms with van der Waals surface area (Å²) in [5.41, 5.74) is 9.52. The molecule has 0 unspecified atom stereocenters. The van der Waals surface area contributed by atoms with Crippen molar-refractivity contribution in [3.05, 3.63) is 47.5 Å². The van der Waals surface area contributed by atoms with Crippen LogP contribution < -0.4 is 15.2 Å². The molecule has 146 valence electrons. The van der Waals surface area contributed by atoms with Gasteiger partial charge in [0.25, 0.3) is 0 Å². The van der Waals surface area contributed by atoms with Gasteiger partial charge in [-0.3, -0.25) is 4.79 Å². The molecule has 0 radical (unpaired) electrons. The predicted molar refractivity (Wildman–Crippen MR) is 104 cm³/mol. The van der Waals surface area contributed by atoms with Crippen molar-refractivity contribution in [1.82, 2.24) is 0 Å². The molecule has 2 rings (SSSR count). The molecule has 0 amide bonds. The number of aliphatic hydroxyl groups is 1. The predicted octanol–water partition coefficient (Wildman–Crippen LogP) is 2.34. The Morgan fingerprint density at radius 1 is 1.07 bits per heavy atom. The molecular weight excluding hydrogens is 346 g/mol. The third kappa shape index (κ3) is 5.21. The van der Waals surface area contributed by atoms with Gasteiger partial charge in [-0.25, -0.2) is 0 Å². The number of carbonyl (C=O) groups excluding carboxylic acids is 1. The zero-order valence-electron chi connectivity index (χ0n) is 16.0. The first-order valence-corrected chi connectivity index (χ1v) is 8.91. The summed E-state index contributed by atoms with van der Waals surface area (Å²) in [6.07, 6.45) is 0.931. The van der Waals surface area contributed by atoms with Crippen molar-refractivity contribution in [2.24, 2.45) is 5.73 Å². The molecule has 1 atom stereocenters. The number of hydrogen-bond acceptors (Lipinski definition) is 6. The van der Waals surface area contributed by atoms with Gasteiger partial charge in [-0.1, -0.05) is 24.3 Å². The first kappa shape index (κ1) is 20.7. The van der Waals surface area contributed by atoms with Gasteiger partial charge >= 0.3 is 5.97 Å². The van der Waals surface area contributed by atoms with E-state index in [0.717, 1.165) is 22.3 Å². The Labute approximate surface area is 159 Å². The summed E-state index contributed by atoms with van der Waals surface area (Å²) in [6, 6.07) is 10.9. The highest BCUT2D eigenvalue weighted by molar-refractivity contribution is 5.78. The van der Waals surface area contributed by atoms with Gasteiger partial charge in [0.05, 0.1) is 26.4 Å². The zero-order chi connectivity index (χ0) is 19.8. The number of methoxy groups -OCH3 is 2. The standard InChI is InChI=1S/C21H27NO5/c1-4-27-21(24)17(22)11-14-5-7-16(8-6-14)20-18(25-2)12-15(9-10-23)13-19(20)26-3/h5-8,12-13,17,23H,4,9-11,22H2,1-3H3/t17-/m0/s1. The van der Waals surface area contributed by atoms with E-state index in [1.165, 1.54) is 0 Å². The normalized spacial score (nSPS) is 11.7. The molecule has 0 aliphatic rings. The number of benzene rings is 2. The molecule has 0 aromatic heterocycles. The maximum atomic E-state index is 11.7. The Morgan fingerprint density at radius 3 is 2.15 bits per heavy atom. The Balaban J connectivity index is 2.29. The minimum atomic E-state index is -0.683. The average Bonchev–Trinajstić information content (AvgIpc) is 2.68. The van der Waals surface area contributed by atoms with Gasteiger partial charge in [-0.15, -0.1) is 0 Å². The smallest absolute Gasteiger partial charge is 0.323 e. The quantitative estimate of drug-likeness (QED) is 0.656. The Morgan fingerprint density at radius 2 is 1.67 bits per heavy atom. The Hall–Kier alpha value is -2.57. The lowest BCUT2D eigenvalue weighted by Gasteiger charge is -2.16. The van der Waals surface area contributed by atoms with Crippen LogP contribution in [0.25, 0.3) is 11.1 Å². The molecule has 2 aromatic carbocycles. The van der Waals surface area contributed by atoms with Crippen LogP contribution in [0.3, 0.4) is 0 Å². The molecule has 3 N–H and O–H groups in total. The van der Waals surface area contributed by atoms with Gasteiger partial charge in [0.1, 0.15) is 17.5 Å². The number of aliphatic hydroxyl groups excluding tert-OH is 1. The van der Waals surface area contributed by atoms with Crippen molar-refractivity contribution in [1.29, 1.82) is 0 Å². The second-order valence-electron chi connectivity index (χ2n) is 6.11. The van der Waals surface area contributed by atoms with Gasteiger partial charge in [0, 0.05) is 6.61 Å². The van der Waals surface area contributed by atoms with Gasteiger partial charge < -0.3 is 25.1 Å². The second-order valence-corrected chi connectivity index (χ2v) is 6.11. The van der Waals surface area contributed by atoms with Crippen LogP contribution in [0.2, 0.25) is 0 Å². The van der Waals surface area contributed by atoms with Crippen LogP contribution >= 0.6 is 0 Å². The van der Waals surface area contributed by atoms with Gasteiger partial charge in [0.15, 0.2) is 0 Å². The van der Waals surface area contributed by atoms with E-state index in [0.29, 0.717) is 30.9 Å². The molecule has 0 saturated heterocycles. The topological polar surface area (TPSA) is 91.0 Å². The van der Waals surface area contributed by atoms with Gasteiger partial charge in [0.2, 0.25) is 0 Å². The monoisotopic (exact) mass is 373 g/mol. The average molecular weight is 373 g/mol. The van der Waals surface area contributed by atoms with E-state index in [9.17, 15) is 9.90 Å². The molecule has 0 fully saturated rings. The largest absolute Gasteiger partial charge is 0.496 e. The molecule has 0 spiro atoms. The number of ether oxygens (including phenoxy) is 3. The van der Waals surface area contributed by atoms with Crippen LogP contribution in [0, 0.1) is 0 Å². The minimum Gasteiger partial charge on any atom is -0.496 e. The van der Waals surface area contributed by atoms with Crippen molar-refractivity contribution in [2.45, 2.75) is 25.8 Å². The van der Waals surface area contributed by atoms with E-state index in [4.69, 9.17) is 19.9 Å². The zero-order valence-corrected chi connectivity index (χ0v) is 16.0. The highest BCUT2D eigenvalue weighted by Gasteiger charge is 2.17. The van der Waals surface area contributed by atoms with Crippen molar-refractivity contribution >= 4 is 5.97 Å². The first-order valence-electron chi connectivity index (χ1n) is 8.91. The van der Waals surface area contributed by atoms with Crippen LogP contribution in [0.15, 0.2) is 36.4 Å². The molecule has 0 saturated carbocycles. The van der Waals surface area contributed by atoms with Crippen molar-refractivity contribution in [3.8, 4) is 22.6 Å². The van der Waals surface area contributed by atoms with E-state index in [2.05, 4.69) is 0 Å². The maximum absolute atomic E-state index is 11.7. The molecule has 6 heteroatoms. The Kier molecular flexibility index (Phi) is 7.64. The van der Waals surface area contributed by atoms with Crippen LogP contribution in [-0.2, 0) is 22.4 Å². The summed E-state index contributed by atoms with van der Waals surface area (Å²) >= 11 is 0. The summed E-state index contributed by atoms with van der Waals surface area (Å²) in [5, 5.41) is 9.18. The third-order valence-electron chi connectivity index (χ3n) is 4.25. The molecule has 6 nitrogen and oxygen atoms in total.